The van der Waals surface area contributed by atoms with Crippen molar-refractivity contribution in [1.29, 1.82) is 0 Å². The Bertz CT molecular complexity index is 1420. The molecule has 2 aromatic rings. The van der Waals surface area contributed by atoms with Crippen LogP contribution >= 0.6 is 34.7 Å². The predicted molar refractivity (Wildman–Crippen MR) is 142 cm³/mol. The number of carboxylic acid groups (broad SMARTS) is 1. The molecule has 3 aliphatic heterocycles. The molecule has 37 heavy (non-hydrogen) atoms. The molecule has 5 rings (SSSR count). The number of thiazole rings is 1. The Balaban J connectivity index is 1.23. The summed E-state index contributed by atoms with van der Waals surface area (Å²) in [6.45, 7) is 3.48. The van der Waals surface area contributed by atoms with Crippen LogP contribution in [0.3, 0.4) is 0 Å². The summed E-state index contributed by atoms with van der Waals surface area (Å²) in [5, 5.41) is 12.3. The van der Waals surface area contributed by atoms with E-state index in [1.165, 1.54) is 23.1 Å². The van der Waals surface area contributed by atoms with Crippen LogP contribution in [0.25, 0.3) is 21.7 Å². The normalized spacial score (nSPS) is 15.4. The van der Waals surface area contributed by atoms with Crippen LogP contribution in [0.5, 0.6) is 0 Å². The summed E-state index contributed by atoms with van der Waals surface area (Å²) < 4.78 is 3.69. The van der Waals surface area contributed by atoms with E-state index in [2.05, 4.69) is 20.3 Å². The Morgan fingerprint density at radius 3 is 2.81 bits per heavy atom. The molecular formula is C23H25ClN8O3S2. The van der Waals surface area contributed by atoms with Gasteiger partial charge in [-0.05, 0) is 56.0 Å². The number of carbonyl (C=O) groups excluding carboxylic acids is 1. The zero-order valence-electron chi connectivity index (χ0n) is 19.9. The minimum atomic E-state index is -1.20. The van der Waals surface area contributed by atoms with Crippen molar-refractivity contribution < 1.29 is 14.7 Å². The first-order chi connectivity index (χ1) is 17.8. The summed E-state index contributed by atoms with van der Waals surface area (Å²) in [7, 11) is 0. The second-order valence-corrected chi connectivity index (χ2v) is 11.5. The van der Waals surface area contributed by atoms with Crippen molar-refractivity contribution in [2.45, 2.75) is 48.3 Å². The largest absolute Gasteiger partial charge is 0.465 e. The van der Waals surface area contributed by atoms with E-state index in [4.69, 9.17) is 27.4 Å². The number of anilines is 1. The SMILES string of the molecule is C[C@H](NC(=O)O)C(=O)N1CCC(CCn2cnc(N)c3nc(Sc4nc5cccc(Cl)c5s4)nc2-3)CC1. The Labute approximate surface area is 225 Å². The summed E-state index contributed by atoms with van der Waals surface area (Å²) in [6, 6.07) is 4.90. The molecule has 0 bridgehead atoms. The quantitative estimate of drug-likeness (QED) is 0.304. The molecule has 0 radical (unpaired) electrons. The Morgan fingerprint density at radius 1 is 1.30 bits per heavy atom. The van der Waals surface area contributed by atoms with E-state index >= 15 is 0 Å². The van der Waals surface area contributed by atoms with Crippen LogP contribution < -0.4 is 11.1 Å². The zero-order valence-corrected chi connectivity index (χ0v) is 22.3. The van der Waals surface area contributed by atoms with E-state index in [9.17, 15) is 9.59 Å². The molecule has 1 aromatic carbocycles. The van der Waals surface area contributed by atoms with Gasteiger partial charge in [0.15, 0.2) is 26.8 Å². The minimum absolute atomic E-state index is 0.188. The average Bonchev–Trinajstić information content (AvgIpc) is 3.49. The first kappa shape index (κ1) is 25.5. The molecule has 3 aliphatic rings. The summed E-state index contributed by atoms with van der Waals surface area (Å²) >= 11 is 9.16. The van der Waals surface area contributed by atoms with E-state index in [0.29, 0.717) is 53.1 Å². The number of hydrogen-bond acceptors (Lipinski definition) is 9. The molecular weight excluding hydrogens is 536 g/mol. The third-order valence-electron chi connectivity index (χ3n) is 6.41. The van der Waals surface area contributed by atoms with Crippen LogP contribution in [-0.2, 0) is 11.3 Å². The minimum Gasteiger partial charge on any atom is -0.465 e. The summed E-state index contributed by atoms with van der Waals surface area (Å²) in [4.78, 5) is 43.3. The van der Waals surface area contributed by atoms with Crippen LogP contribution in [0.4, 0.5) is 10.6 Å². The van der Waals surface area contributed by atoms with Crippen LogP contribution in [0, 0.1) is 5.92 Å². The van der Waals surface area contributed by atoms with E-state index in [1.807, 2.05) is 22.8 Å². The highest BCUT2D eigenvalue weighted by molar-refractivity contribution is 8.01. The zero-order chi connectivity index (χ0) is 26.1. The van der Waals surface area contributed by atoms with Crippen molar-refractivity contribution in [2.75, 3.05) is 18.8 Å². The highest BCUT2D eigenvalue weighted by Gasteiger charge is 2.27. The third kappa shape index (κ3) is 5.58. The number of nitrogens with one attached hydrogen (secondary N) is 1. The van der Waals surface area contributed by atoms with Crippen molar-refractivity contribution in [3.05, 3.63) is 29.5 Å². The number of imidazole rings is 1. The van der Waals surface area contributed by atoms with E-state index in [0.717, 1.165) is 33.8 Å². The van der Waals surface area contributed by atoms with Crippen molar-refractivity contribution in [2.24, 2.45) is 5.92 Å². The van der Waals surface area contributed by atoms with Crippen molar-refractivity contribution >= 4 is 62.7 Å². The highest BCUT2D eigenvalue weighted by Crippen LogP contribution is 2.38. The first-order valence-electron chi connectivity index (χ1n) is 11.8. The molecule has 0 spiro atoms. The first-order valence-corrected chi connectivity index (χ1v) is 13.8. The van der Waals surface area contributed by atoms with Gasteiger partial charge in [0, 0.05) is 19.6 Å². The maximum Gasteiger partial charge on any atom is 0.405 e. The molecule has 1 aromatic heterocycles. The molecule has 11 nitrogen and oxygen atoms in total. The number of carbonyl (C=O) groups is 2. The predicted octanol–water partition coefficient (Wildman–Crippen LogP) is 4.06. The maximum absolute atomic E-state index is 12.4. The van der Waals surface area contributed by atoms with Crippen molar-refractivity contribution in [3.63, 3.8) is 0 Å². The number of aryl methyl sites for hydroxylation is 1. The van der Waals surface area contributed by atoms with Crippen LogP contribution in [-0.4, -0.2) is 65.6 Å². The van der Waals surface area contributed by atoms with Gasteiger partial charge in [-0.1, -0.05) is 17.7 Å². The molecule has 1 atom stereocenters. The number of piperidine rings is 1. The number of fused-ring (bicyclic) bond motifs is 2. The van der Waals surface area contributed by atoms with Gasteiger partial charge >= 0.3 is 6.09 Å². The van der Waals surface area contributed by atoms with Gasteiger partial charge in [-0.25, -0.2) is 24.7 Å². The lowest BCUT2D eigenvalue weighted by Gasteiger charge is -2.33. The van der Waals surface area contributed by atoms with Gasteiger partial charge in [0.2, 0.25) is 5.91 Å². The number of amides is 2. The molecule has 1 fully saturated rings. The van der Waals surface area contributed by atoms with Crippen LogP contribution in [0.1, 0.15) is 26.2 Å². The van der Waals surface area contributed by atoms with Gasteiger partial charge in [-0.3, -0.25) is 4.79 Å². The van der Waals surface area contributed by atoms with Crippen molar-refractivity contribution in [3.8, 4) is 11.5 Å². The molecule has 194 valence electrons. The molecule has 0 unspecified atom stereocenters. The van der Waals surface area contributed by atoms with Gasteiger partial charge in [0.1, 0.15) is 6.04 Å². The number of hydrogen-bond donors (Lipinski definition) is 3. The van der Waals surface area contributed by atoms with Crippen LogP contribution in [0.15, 0.2) is 34.0 Å². The van der Waals surface area contributed by atoms with Crippen LogP contribution in [0.2, 0.25) is 5.02 Å². The Morgan fingerprint density at radius 2 is 2.08 bits per heavy atom. The second-order valence-electron chi connectivity index (χ2n) is 8.90. The third-order valence-corrected chi connectivity index (χ3v) is 8.87. The van der Waals surface area contributed by atoms with Gasteiger partial charge in [-0.15, -0.1) is 11.3 Å². The standard InChI is InChI=1S/C23H25ClN8O3S2/c1-12(27-22(34)35)20(33)31-8-5-13(6-9-31)7-10-32-11-26-18(25)16-19(32)30-21(29-16)37-23-28-15-4-2-3-14(24)17(15)36-23/h2-4,11-13,27H,5-10,25H2,1H3,(H,34,35)/t12-/m0/s1. The fourth-order valence-electron chi connectivity index (χ4n) is 4.44. The average molecular weight is 561 g/mol. The number of nitrogens with two attached hydrogens (primary N) is 1. The number of rotatable bonds is 7. The van der Waals surface area contributed by atoms with Gasteiger partial charge in [-0.2, -0.15) is 0 Å². The van der Waals surface area contributed by atoms with Gasteiger partial charge < -0.3 is 25.6 Å². The van der Waals surface area contributed by atoms with E-state index in [1.54, 1.807) is 18.2 Å². The second kappa shape index (κ2) is 10.7. The summed E-state index contributed by atoms with van der Waals surface area (Å²) in [5.41, 5.74) is 7.50. The highest BCUT2D eigenvalue weighted by atomic mass is 35.5. The summed E-state index contributed by atoms with van der Waals surface area (Å²) in [6.07, 6.45) is 3.09. The number of benzene rings is 1. The monoisotopic (exact) mass is 560 g/mol. The summed E-state index contributed by atoms with van der Waals surface area (Å²) in [5.74, 6) is 1.24. The van der Waals surface area contributed by atoms with Gasteiger partial charge in [0.25, 0.3) is 0 Å². The lowest BCUT2D eigenvalue weighted by atomic mass is 9.93. The smallest absolute Gasteiger partial charge is 0.405 e. The molecule has 0 aliphatic carbocycles. The lowest BCUT2D eigenvalue weighted by Crippen LogP contribution is -2.49. The Kier molecular flexibility index (Phi) is 7.36. The fraction of sp³-hybridized carbons (Fsp3) is 0.391. The van der Waals surface area contributed by atoms with Gasteiger partial charge in [0.05, 0.1) is 21.6 Å². The molecule has 4 heterocycles. The maximum atomic E-state index is 12.4. The number of nitrogen functional groups attached to an aromatic ring is 1. The van der Waals surface area contributed by atoms with Crippen molar-refractivity contribution in [1.82, 2.24) is 34.7 Å². The van der Waals surface area contributed by atoms with E-state index in [-0.39, 0.29) is 5.91 Å². The molecule has 2 amide bonds. The number of aromatic nitrogens is 5. The molecule has 0 saturated carbocycles. The Hall–Kier alpha value is -3.16. The number of nitrogens with zero attached hydrogens (tertiary/aromatic N) is 6. The molecule has 4 N–H and O–H groups in total. The molecule has 14 heteroatoms. The number of halogens is 1. The lowest BCUT2D eigenvalue weighted by molar-refractivity contribution is -0.134. The molecule has 1 saturated heterocycles. The number of likely N-dealkylation sites (tertiary alicyclic amines) is 1. The fourth-order valence-corrected chi connectivity index (χ4v) is 6.64. The van der Waals surface area contributed by atoms with E-state index < -0.39 is 12.1 Å². The topological polar surface area (TPSA) is 152 Å².